The molecule has 1 saturated heterocycles. The summed E-state index contributed by atoms with van der Waals surface area (Å²) in [7, 11) is 0. The minimum absolute atomic E-state index is 0.348. The summed E-state index contributed by atoms with van der Waals surface area (Å²) in [5.41, 5.74) is 8.23. The second-order valence-corrected chi connectivity index (χ2v) is 8.00. The summed E-state index contributed by atoms with van der Waals surface area (Å²) >= 11 is 5.72. The van der Waals surface area contributed by atoms with Crippen LogP contribution >= 0.6 is 27.7 Å². The maximum atomic E-state index is 5.61. The Morgan fingerprint density at radius 2 is 2.22 bits per heavy atom. The number of anilines is 1. The van der Waals surface area contributed by atoms with E-state index in [0.29, 0.717) is 11.3 Å². The Morgan fingerprint density at radius 3 is 2.83 bits per heavy atom. The van der Waals surface area contributed by atoms with Crippen molar-refractivity contribution in [1.29, 1.82) is 0 Å². The zero-order valence-electron chi connectivity index (χ0n) is 11.1. The quantitative estimate of drug-likeness (QED) is 0.923. The fourth-order valence-corrected chi connectivity index (χ4v) is 4.00. The zero-order valence-corrected chi connectivity index (χ0v) is 13.5. The molecule has 0 atom stereocenters. The molecule has 1 fully saturated rings. The van der Waals surface area contributed by atoms with E-state index in [1.807, 2.05) is 0 Å². The highest BCUT2D eigenvalue weighted by Gasteiger charge is 2.27. The van der Waals surface area contributed by atoms with Gasteiger partial charge in [0.2, 0.25) is 0 Å². The number of hydrogen-bond acceptors (Lipinski definition) is 3. The minimum Gasteiger partial charge on any atom is -0.369 e. The van der Waals surface area contributed by atoms with E-state index in [1.165, 1.54) is 21.5 Å². The summed E-state index contributed by atoms with van der Waals surface area (Å²) in [6.45, 7) is 7.59. The van der Waals surface area contributed by atoms with Crippen molar-refractivity contribution in [3.8, 4) is 0 Å². The van der Waals surface area contributed by atoms with Crippen LogP contribution in [0.1, 0.15) is 19.4 Å². The molecular formula is C14H21BrN2S. The van der Waals surface area contributed by atoms with Gasteiger partial charge in [-0.25, -0.2) is 0 Å². The molecular weight excluding hydrogens is 308 g/mol. The van der Waals surface area contributed by atoms with Crippen LogP contribution in [-0.2, 0) is 6.42 Å². The van der Waals surface area contributed by atoms with Gasteiger partial charge in [0.1, 0.15) is 0 Å². The molecule has 1 heterocycles. The van der Waals surface area contributed by atoms with Crippen molar-refractivity contribution in [3.63, 3.8) is 0 Å². The van der Waals surface area contributed by atoms with Crippen LogP contribution in [0.15, 0.2) is 22.7 Å². The standard InChI is InChI=1S/C14H21BrN2S/c1-14(2)10-17(7-8-18-14)12-4-3-11(5-6-16)13(15)9-12/h3-4,9H,5-8,10,16H2,1-2H3. The number of thioether (sulfide) groups is 1. The molecule has 0 bridgehead atoms. The summed E-state index contributed by atoms with van der Waals surface area (Å²) in [5.74, 6) is 1.20. The van der Waals surface area contributed by atoms with Gasteiger partial charge in [0, 0.05) is 33.7 Å². The van der Waals surface area contributed by atoms with Gasteiger partial charge in [0.05, 0.1) is 0 Å². The Bertz CT molecular complexity index is 420. The monoisotopic (exact) mass is 328 g/mol. The smallest absolute Gasteiger partial charge is 0.0378 e. The summed E-state index contributed by atoms with van der Waals surface area (Å²) in [6.07, 6.45) is 0.933. The lowest BCUT2D eigenvalue weighted by atomic mass is 10.1. The highest BCUT2D eigenvalue weighted by Crippen LogP contribution is 2.33. The molecule has 2 N–H and O–H groups in total. The molecule has 18 heavy (non-hydrogen) atoms. The zero-order chi connectivity index (χ0) is 13.2. The normalized spacial score (nSPS) is 19.0. The average molecular weight is 329 g/mol. The van der Waals surface area contributed by atoms with Gasteiger partial charge in [0.25, 0.3) is 0 Å². The van der Waals surface area contributed by atoms with Gasteiger partial charge in [-0.3, -0.25) is 0 Å². The highest BCUT2D eigenvalue weighted by molar-refractivity contribution is 9.10. The molecule has 2 nitrogen and oxygen atoms in total. The topological polar surface area (TPSA) is 29.3 Å². The van der Waals surface area contributed by atoms with Gasteiger partial charge in [-0.05, 0) is 44.5 Å². The van der Waals surface area contributed by atoms with Crippen molar-refractivity contribution >= 4 is 33.4 Å². The van der Waals surface area contributed by atoms with E-state index in [4.69, 9.17) is 5.73 Å². The van der Waals surface area contributed by atoms with Crippen molar-refractivity contribution in [2.45, 2.75) is 25.0 Å². The molecule has 0 amide bonds. The first kappa shape index (κ1) is 14.2. The summed E-state index contributed by atoms with van der Waals surface area (Å²) in [5, 5.41) is 0. The number of rotatable bonds is 3. The highest BCUT2D eigenvalue weighted by atomic mass is 79.9. The summed E-state index contributed by atoms with van der Waals surface area (Å²) < 4.78 is 1.53. The minimum atomic E-state index is 0.348. The van der Waals surface area contributed by atoms with Crippen LogP contribution in [0.2, 0.25) is 0 Å². The van der Waals surface area contributed by atoms with Gasteiger partial charge >= 0.3 is 0 Å². The SMILES string of the molecule is CC1(C)CN(c2ccc(CCN)c(Br)c2)CCS1. The van der Waals surface area contributed by atoms with Crippen LogP contribution in [0.25, 0.3) is 0 Å². The van der Waals surface area contributed by atoms with Crippen LogP contribution in [0.5, 0.6) is 0 Å². The predicted molar refractivity (Wildman–Crippen MR) is 85.7 cm³/mol. The first-order chi connectivity index (χ1) is 8.52. The van der Waals surface area contributed by atoms with Crippen molar-refractivity contribution in [3.05, 3.63) is 28.2 Å². The van der Waals surface area contributed by atoms with Crippen molar-refractivity contribution in [1.82, 2.24) is 0 Å². The van der Waals surface area contributed by atoms with E-state index in [9.17, 15) is 0 Å². The van der Waals surface area contributed by atoms with Gasteiger partial charge in [-0.2, -0.15) is 11.8 Å². The van der Waals surface area contributed by atoms with Gasteiger partial charge in [-0.15, -0.1) is 0 Å². The molecule has 0 aliphatic carbocycles. The molecule has 0 spiro atoms. The third-order valence-corrected chi connectivity index (χ3v) is 5.28. The molecule has 1 aliphatic heterocycles. The van der Waals surface area contributed by atoms with E-state index in [0.717, 1.165) is 19.5 Å². The third-order valence-electron chi connectivity index (χ3n) is 3.24. The Morgan fingerprint density at radius 1 is 1.44 bits per heavy atom. The van der Waals surface area contributed by atoms with Crippen LogP contribution in [0, 0.1) is 0 Å². The molecule has 1 aromatic rings. The number of nitrogens with zero attached hydrogens (tertiary/aromatic N) is 1. The second-order valence-electron chi connectivity index (χ2n) is 5.34. The van der Waals surface area contributed by atoms with E-state index in [2.05, 4.69) is 64.6 Å². The van der Waals surface area contributed by atoms with Crippen LogP contribution < -0.4 is 10.6 Å². The van der Waals surface area contributed by atoms with Gasteiger partial charge in [-0.1, -0.05) is 22.0 Å². The predicted octanol–water partition coefficient (Wildman–Crippen LogP) is 3.28. The molecule has 0 radical (unpaired) electrons. The first-order valence-electron chi connectivity index (χ1n) is 6.39. The van der Waals surface area contributed by atoms with E-state index >= 15 is 0 Å². The Labute approximate surface area is 122 Å². The van der Waals surface area contributed by atoms with Gasteiger partial charge < -0.3 is 10.6 Å². The first-order valence-corrected chi connectivity index (χ1v) is 8.17. The molecule has 0 saturated carbocycles. The van der Waals surface area contributed by atoms with Crippen molar-refractivity contribution in [2.24, 2.45) is 5.73 Å². The van der Waals surface area contributed by atoms with Crippen molar-refractivity contribution < 1.29 is 0 Å². The van der Waals surface area contributed by atoms with E-state index in [-0.39, 0.29) is 0 Å². The molecule has 0 aromatic heterocycles. The second kappa shape index (κ2) is 5.85. The number of hydrogen-bond donors (Lipinski definition) is 1. The number of benzene rings is 1. The molecule has 100 valence electrons. The van der Waals surface area contributed by atoms with Crippen LogP contribution in [-0.4, -0.2) is 30.1 Å². The number of halogens is 1. The van der Waals surface area contributed by atoms with Gasteiger partial charge in [0.15, 0.2) is 0 Å². The van der Waals surface area contributed by atoms with E-state index < -0.39 is 0 Å². The molecule has 1 aromatic carbocycles. The largest absolute Gasteiger partial charge is 0.369 e. The lowest BCUT2D eigenvalue weighted by molar-refractivity contribution is 0.647. The van der Waals surface area contributed by atoms with Crippen molar-refractivity contribution in [2.75, 3.05) is 30.3 Å². The Kier molecular flexibility index (Phi) is 4.62. The Balaban J connectivity index is 2.16. The maximum absolute atomic E-state index is 5.61. The molecule has 4 heteroatoms. The fraction of sp³-hybridized carbons (Fsp3) is 0.571. The maximum Gasteiger partial charge on any atom is 0.0378 e. The molecule has 0 unspecified atom stereocenters. The van der Waals surface area contributed by atoms with Crippen LogP contribution in [0.4, 0.5) is 5.69 Å². The fourth-order valence-electron chi connectivity index (χ4n) is 2.33. The third kappa shape index (κ3) is 3.43. The summed E-state index contributed by atoms with van der Waals surface area (Å²) in [4.78, 5) is 2.48. The molecule has 2 rings (SSSR count). The lowest BCUT2D eigenvalue weighted by Gasteiger charge is -2.39. The molecule has 1 aliphatic rings. The van der Waals surface area contributed by atoms with E-state index in [1.54, 1.807) is 0 Å². The average Bonchev–Trinajstić information content (AvgIpc) is 2.30. The lowest BCUT2D eigenvalue weighted by Crippen LogP contribution is -2.43. The Hall–Kier alpha value is -0.190. The summed E-state index contributed by atoms with van der Waals surface area (Å²) in [6, 6.07) is 6.65. The van der Waals surface area contributed by atoms with Crippen LogP contribution in [0.3, 0.4) is 0 Å². The number of nitrogens with two attached hydrogens (primary N) is 1.